The van der Waals surface area contributed by atoms with Crippen molar-refractivity contribution in [1.29, 1.82) is 0 Å². The lowest BCUT2D eigenvalue weighted by Gasteiger charge is -2.24. The lowest BCUT2D eigenvalue weighted by atomic mass is 9.89. The highest BCUT2D eigenvalue weighted by atomic mass is 16.3. The van der Waals surface area contributed by atoms with E-state index in [1.807, 2.05) is 24.3 Å². The number of benzene rings is 1. The van der Waals surface area contributed by atoms with E-state index in [4.69, 9.17) is 10.8 Å². The van der Waals surface area contributed by atoms with Crippen molar-refractivity contribution in [1.82, 2.24) is 0 Å². The molecule has 0 radical (unpaired) electrons. The third-order valence-electron chi connectivity index (χ3n) is 2.45. The Morgan fingerprint density at radius 2 is 2.13 bits per heavy atom. The molecule has 0 amide bonds. The van der Waals surface area contributed by atoms with Gasteiger partial charge in [-0.1, -0.05) is 19.9 Å². The summed E-state index contributed by atoms with van der Waals surface area (Å²) in [6.45, 7) is 5.31. The summed E-state index contributed by atoms with van der Waals surface area (Å²) in [7, 11) is 0. The number of aliphatic hydroxyl groups is 1. The summed E-state index contributed by atoms with van der Waals surface area (Å²) in [6, 6.07) is 7.70. The quantitative estimate of drug-likeness (QED) is 0.649. The average Bonchev–Trinajstić information content (AvgIpc) is 2.15. The minimum Gasteiger partial charge on any atom is -0.399 e. The second kappa shape index (κ2) is 5.03. The Bertz CT molecular complexity index is 310. The van der Waals surface area contributed by atoms with E-state index < -0.39 is 0 Å². The van der Waals surface area contributed by atoms with Crippen LogP contribution in [0.15, 0.2) is 24.3 Å². The average molecular weight is 208 g/mol. The van der Waals surface area contributed by atoms with Crippen LogP contribution in [0.25, 0.3) is 0 Å². The number of nitrogens with two attached hydrogens (primary N) is 1. The molecule has 4 N–H and O–H groups in total. The molecule has 15 heavy (non-hydrogen) atoms. The molecule has 3 nitrogen and oxygen atoms in total. The van der Waals surface area contributed by atoms with Crippen LogP contribution in [0.5, 0.6) is 0 Å². The number of nitrogen functional groups attached to an aromatic ring is 1. The standard InChI is InChI=1S/C12H20N2O/c1-12(2,6-7-15)9-14-11-5-3-4-10(13)8-11/h3-5,8,14-15H,6-7,9,13H2,1-2H3. The molecule has 0 heterocycles. The molecule has 3 heteroatoms. The van der Waals surface area contributed by atoms with Gasteiger partial charge in [-0.05, 0) is 30.0 Å². The van der Waals surface area contributed by atoms with E-state index >= 15 is 0 Å². The third-order valence-corrected chi connectivity index (χ3v) is 2.45. The molecule has 1 rings (SSSR count). The van der Waals surface area contributed by atoms with Crippen LogP contribution in [0.2, 0.25) is 0 Å². The van der Waals surface area contributed by atoms with Crippen LogP contribution in [0, 0.1) is 5.41 Å². The van der Waals surface area contributed by atoms with Crippen molar-refractivity contribution in [2.24, 2.45) is 5.41 Å². The molecule has 1 aromatic carbocycles. The zero-order chi connectivity index (χ0) is 11.3. The predicted molar refractivity (Wildman–Crippen MR) is 64.8 cm³/mol. The van der Waals surface area contributed by atoms with Gasteiger partial charge in [0.05, 0.1) is 0 Å². The highest BCUT2D eigenvalue weighted by molar-refractivity contribution is 5.54. The Morgan fingerprint density at radius 1 is 1.40 bits per heavy atom. The zero-order valence-corrected chi connectivity index (χ0v) is 9.46. The molecule has 0 bridgehead atoms. The summed E-state index contributed by atoms with van der Waals surface area (Å²) in [5, 5.41) is 12.2. The van der Waals surface area contributed by atoms with Gasteiger partial charge < -0.3 is 16.2 Å². The topological polar surface area (TPSA) is 58.3 Å². The van der Waals surface area contributed by atoms with E-state index in [1.165, 1.54) is 0 Å². The van der Waals surface area contributed by atoms with Crippen molar-refractivity contribution in [2.45, 2.75) is 20.3 Å². The molecule has 0 aromatic heterocycles. The van der Waals surface area contributed by atoms with Crippen molar-refractivity contribution in [3.8, 4) is 0 Å². The first kappa shape index (κ1) is 11.9. The highest BCUT2D eigenvalue weighted by Crippen LogP contribution is 2.21. The lowest BCUT2D eigenvalue weighted by molar-refractivity contribution is 0.220. The van der Waals surface area contributed by atoms with Gasteiger partial charge in [0.2, 0.25) is 0 Å². The van der Waals surface area contributed by atoms with Crippen molar-refractivity contribution >= 4 is 11.4 Å². The Labute approximate surface area is 91.3 Å². The van der Waals surface area contributed by atoms with Gasteiger partial charge in [0.25, 0.3) is 0 Å². The predicted octanol–water partition coefficient (Wildman–Crippen LogP) is 2.09. The van der Waals surface area contributed by atoms with Gasteiger partial charge in [-0.25, -0.2) is 0 Å². The molecule has 84 valence electrons. The molecule has 0 spiro atoms. The molecule has 1 aromatic rings. The fourth-order valence-corrected chi connectivity index (χ4v) is 1.38. The number of anilines is 2. The fraction of sp³-hybridized carbons (Fsp3) is 0.500. The summed E-state index contributed by atoms with van der Waals surface area (Å²) in [5.74, 6) is 0. The van der Waals surface area contributed by atoms with Crippen LogP contribution < -0.4 is 11.1 Å². The second-order valence-electron chi connectivity index (χ2n) is 4.62. The third kappa shape index (κ3) is 4.21. The first-order chi connectivity index (χ1) is 7.03. The van der Waals surface area contributed by atoms with E-state index in [1.54, 1.807) is 0 Å². The first-order valence-corrected chi connectivity index (χ1v) is 5.24. The summed E-state index contributed by atoms with van der Waals surface area (Å²) >= 11 is 0. The van der Waals surface area contributed by atoms with Gasteiger partial charge in [-0.2, -0.15) is 0 Å². The van der Waals surface area contributed by atoms with Gasteiger partial charge in [-0.15, -0.1) is 0 Å². The van der Waals surface area contributed by atoms with E-state index in [0.29, 0.717) is 0 Å². The second-order valence-corrected chi connectivity index (χ2v) is 4.62. The van der Waals surface area contributed by atoms with Crippen LogP contribution in [0.3, 0.4) is 0 Å². The Morgan fingerprint density at radius 3 is 2.73 bits per heavy atom. The zero-order valence-electron chi connectivity index (χ0n) is 9.46. The Hall–Kier alpha value is -1.22. The first-order valence-electron chi connectivity index (χ1n) is 5.24. The maximum atomic E-state index is 8.90. The SMILES string of the molecule is CC(C)(CCO)CNc1cccc(N)c1. The summed E-state index contributed by atoms with van der Waals surface area (Å²) in [4.78, 5) is 0. The van der Waals surface area contributed by atoms with Crippen molar-refractivity contribution in [3.63, 3.8) is 0 Å². The minimum absolute atomic E-state index is 0.0966. The van der Waals surface area contributed by atoms with Crippen molar-refractivity contribution in [3.05, 3.63) is 24.3 Å². The summed E-state index contributed by atoms with van der Waals surface area (Å²) in [5.41, 5.74) is 7.57. The van der Waals surface area contributed by atoms with Crippen molar-refractivity contribution in [2.75, 3.05) is 24.2 Å². The highest BCUT2D eigenvalue weighted by Gasteiger charge is 2.16. The smallest absolute Gasteiger partial charge is 0.0436 e. The van der Waals surface area contributed by atoms with Crippen LogP contribution in [-0.4, -0.2) is 18.3 Å². The minimum atomic E-state index is 0.0966. The Balaban J connectivity index is 2.49. The van der Waals surface area contributed by atoms with E-state index in [0.717, 1.165) is 24.3 Å². The summed E-state index contributed by atoms with van der Waals surface area (Å²) in [6.07, 6.45) is 0.794. The molecular formula is C12H20N2O. The number of nitrogens with one attached hydrogen (secondary N) is 1. The van der Waals surface area contributed by atoms with Crippen LogP contribution in [0.1, 0.15) is 20.3 Å². The number of aliphatic hydroxyl groups excluding tert-OH is 1. The van der Waals surface area contributed by atoms with Crippen LogP contribution in [-0.2, 0) is 0 Å². The molecule has 0 aliphatic rings. The monoisotopic (exact) mass is 208 g/mol. The molecule has 0 aliphatic heterocycles. The molecule has 0 saturated carbocycles. The van der Waals surface area contributed by atoms with E-state index in [9.17, 15) is 0 Å². The van der Waals surface area contributed by atoms with Gasteiger partial charge in [-0.3, -0.25) is 0 Å². The van der Waals surface area contributed by atoms with E-state index in [2.05, 4.69) is 19.2 Å². The maximum absolute atomic E-state index is 8.90. The molecule has 0 saturated heterocycles. The van der Waals surface area contributed by atoms with Gasteiger partial charge >= 0.3 is 0 Å². The molecule has 0 unspecified atom stereocenters. The number of hydrogen-bond donors (Lipinski definition) is 3. The molecular weight excluding hydrogens is 188 g/mol. The van der Waals surface area contributed by atoms with E-state index in [-0.39, 0.29) is 12.0 Å². The Kier molecular flexibility index (Phi) is 3.97. The normalized spacial score (nSPS) is 11.4. The molecule has 0 aliphatic carbocycles. The summed E-state index contributed by atoms with van der Waals surface area (Å²) < 4.78 is 0. The largest absolute Gasteiger partial charge is 0.399 e. The fourth-order valence-electron chi connectivity index (χ4n) is 1.38. The maximum Gasteiger partial charge on any atom is 0.0436 e. The van der Waals surface area contributed by atoms with Gasteiger partial charge in [0, 0.05) is 24.5 Å². The number of hydrogen-bond acceptors (Lipinski definition) is 3. The van der Waals surface area contributed by atoms with Crippen LogP contribution >= 0.6 is 0 Å². The lowest BCUT2D eigenvalue weighted by Crippen LogP contribution is -2.24. The van der Waals surface area contributed by atoms with Crippen molar-refractivity contribution < 1.29 is 5.11 Å². The van der Waals surface area contributed by atoms with Gasteiger partial charge in [0.15, 0.2) is 0 Å². The van der Waals surface area contributed by atoms with Gasteiger partial charge in [0.1, 0.15) is 0 Å². The molecule has 0 atom stereocenters. The molecule has 0 fully saturated rings. The number of rotatable bonds is 5. The van der Waals surface area contributed by atoms with Crippen LogP contribution in [0.4, 0.5) is 11.4 Å².